The highest BCUT2D eigenvalue weighted by Crippen LogP contribution is 2.19. The molecule has 3 heterocycles. The zero-order valence-electron chi connectivity index (χ0n) is 16.3. The Bertz CT molecular complexity index is 641. The van der Waals surface area contributed by atoms with Crippen LogP contribution in [0.25, 0.3) is 0 Å². The average molecular weight is 374 g/mol. The predicted molar refractivity (Wildman–Crippen MR) is 103 cm³/mol. The fourth-order valence-corrected chi connectivity index (χ4v) is 3.61. The maximum atomic E-state index is 12.6. The van der Waals surface area contributed by atoms with Crippen LogP contribution in [0.3, 0.4) is 0 Å². The molecule has 2 amide bonds. The summed E-state index contributed by atoms with van der Waals surface area (Å²) in [6, 6.07) is 3.76. The Balaban J connectivity index is 1.42. The van der Waals surface area contributed by atoms with E-state index < -0.39 is 0 Å². The second-order valence-electron chi connectivity index (χ2n) is 7.50. The largest absolute Gasteiger partial charge is 0.375 e. The lowest BCUT2D eigenvalue weighted by Gasteiger charge is -2.35. The summed E-state index contributed by atoms with van der Waals surface area (Å²) < 4.78 is 5.64. The first-order valence-corrected chi connectivity index (χ1v) is 9.90. The number of aromatic nitrogens is 1. The third-order valence-electron chi connectivity index (χ3n) is 5.43. The zero-order valence-corrected chi connectivity index (χ0v) is 16.3. The Labute approximate surface area is 161 Å². The number of amides is 2. The van der Waals surface area contributed by atoms with Gasteiger partial charge in [-0.1, -0.05) is 13.0 Å². The number of rotatable bonds is 5. The quantitative estimate of drug-likeness (QED) is 0.849. The van der Waals surface area contributed by atoms with Gasteiger partial charge in [0.05, 0.1) is 19.3 Å². The molecule has 0 spiro atoms. The van der Waals surface area contributed by atoms with Gasteiger partial charge in [-0.15, -0.1) is 0 Å². The molecular weight excluding hydrogens is 344 g/mol. The van der Waals surface area contributed by atoms with Crippen LogP contribution in [0.15, 0.2) is 18.3 Å². The average Bonchev–Trinajstić information content (AvgIpc) is 2.70. The lowest BCUT2D eigenvalue weighted by atomic mass is 9.96. The lowest BCUT2D eigenvalue weighted by molar-refractivity contribution is -0.140. The van der Waals surface area contributed by atoms with Gasteiger partial charge in [-0.3, -0.25) is 14.5 Å². The maximum Gasteiger partial charge on any atom is 0.236 e. The van der Waals surface area contributed by atoms with Crippen molar-refractivity contribution >= 4 is 17.6 Å². The molecule has 7 heteroatoms. The predicted octanol–water partition coefficient (Wildman–Crippen LogP) is 1.68. The van der Waals surface area contributed by atoms with Gasteiger partial charge in [0.1, 0.15) is 5.82 Å². The molecule has 148 valence electrons. The van der Waals surface area contributed by atoms with Crippen molar-refractivity contribution in [2.45, 2.75) is 39.2 Å². The summed E-state index contributed by atoms with van der Waals surface area (Å²) in [5.74, 6) is 0.771. The summed E-state index contributed by atoms with van der Waals surface area (Å²) in [6.45, 7) is 8.02. The first-order chi connectivity index (χ1) is 13.0. The summed E-state index contributed by atoms with van der Waals surface area (Å²) in [5, 5.41) is 2.90. The van der Waals surface area contributed by atoms with Crippen LogP contribution in [0.5, 0.6) is 0 Å². The number of morpholine rings is 1. The molecule has 1 aromatic rings. The number of likely N-dealkylation sites (tertiary alicyclic amines) is 1. The maximum absolute atomic E-state index is 12.6. The van der Waals surface area contributed by atoms with E-state index in [0.717, 1.165) is 37.9 Å². The van der Waals surface area contributed by atoms with Gasteiger partial charge >= 0.3 is 0 Å². The Kier molecular flexibility index (Phi) is 6.79. The molecule has 0 radical (unpaired) electrons. The van der Waals surface area contributed by atoms with E-state index in [-0.39, 0.29) is 23.8 Å². The molecule has 1 N–H and O–H groups in total. The fourth-order valence-electron chi connectivity index (χ4n) is 3.61. The molecule has 3 rings (SSSR count). The molecule has 2 fully saturated rings. The molecule has 2 saturated heterocycles. The summed E-state index contributed by atoms with van der Waals surface area (Å²) >= 11 is 0. The fraction of sp³-hybridized carbons (Fsp3) is 0.650. The number of pyridine rings is 1. The highest BCUT2D eigenvalue weighted by Gasteiger charge is 2.28. The van der Waals surface area contributed by atoms with E-state index in [9.17, 15) is 9.59 Å². The summed E-state index contributed by atoms with van der Waals surface area (Å²) in [6.07, 6.45) is 4.38. The van der Waals surface area contributed by atoms with Crippen molar-refractivity contribution in [3.05, 3.63) is 23.9 Å². The molecule has 0 saturated carbocycles. The standard InChI is InChI=1S/C20H30N4O3/c1-3-17-13-24(10-11-27-17)19(25)14-23-8-6-16(7-9-23)20(26)22-18-5-4-15(2)12-21-18/h4-5,12,16-17H,3,6-11,13-14H2,1-2H3,(H,21,22,26). The van der Waals surface area contributed by atoms with Gasteiger partial charge in [0.2, 0.25) is 11.8 Å². The smallest absolute Gasteiger partial charge is 0.236 e. The van der Waals surface area contributed by atoms with Gasteiger partial charge in [-0.05, 0) is 50.9 Å². The monoisotopic (exact) mass is 374 g/mol. The highest BCUT2D eigenvalue weighted by molar-refractivity contribution is 5.91. The number of aryl methyl sites for hydroxylation is 1. The molecule has 0 aromatic carbocycles. The minimum Gasteiger partial charge on any atom is -0.375 e. The minimum absolute atomic E-state index is 0.0210. The number of ether oxygens (including phenoxy) is 1. The summed E-state index contributed by atoms with van der Waals surface area (Å²) in [5.41, 5.74) is 1.07. The third kappa shape index (κ3) is 5.49. The molecule has 0 aliphatic carbocycles. The molecule has 1 atom stereocenters. The number of hydrogen-bond donors (Lipinski definition) is 1. The molecule has 0 bridgehead atoms. The van der Waals surface area contributed by atoms with E-state index >= 15 is 0 Å². The van der Waals surface area contributed by atoms with Crippen molar-refractivity contribution in [3.8, 4) is 0 Å². The number of carbonyl (C=O) groups excluding carboxylic acids is 2. The summed E-state index contributed by atoms with van der Waals surface area (Å²) in [4.78, 5) is 33.3. The minimum atomic E-state index is -0.0210. The first-order valence-electron chi connectivity index (χ1n) is 9.90. The van der Waals surface area contributed by atoms with Gasteiger partial charge in [-0.2, -0.15) is 0 Å². The zero-order chi connectivity index (χ0) is 19.2. The number of hydrogen-bond acceptors (Lipinski definition) is 5. The third-order valence-corrected chi connectivity index (χ3v) is 5.43. The van der Waals surface area contributed by atoms with Gasteiger partial charge in [0.25, 0.3) is 0 Å². The Morgan fingerprint density at radius 2 is 2.04 bits per heavy atom. The number of piperidine rings is 1. The van der Waals surface area contributed by atoms with Crippen LogP contribution in [0, 0.1) is 12.8 Å². The Morgan fingerprint density at radius 3 is 2.70 bits per heavy atom. The van der Waals surface area contributed by atoms with E-state index in [2.05, 4.69) is 22.1 Å². The van der Waals surface area contributed by atoms with Crippen molar-refractivity contribution in [2.75, 3.05) is 44.6 Å². The van der Waals surface area contributed by atoms with Crippen LogP contribution in [-0.4, -0.2) is 72.0 Å². The SMILES string of the molecule is CCC1CN(C(=O)CN2CCC(C(=O)Nc3ccc(C)cn3)CC2)CCO1. The van der Waals surface area contributed by atoms with Crippen LogP contribution in [0.2, 0.25) is 0 Å². The topological polar surface area (TPSA) is 74.8 Å². The Hall–Kier alpha value is -1.99. The molecule has 2 aliphatic heterocycles. The molecule has 2 aliphatic rings. The van der Waals surface area contributed by atoms with Crippen LogP contribution in [-0.2, 0) is 14.3 Å². The molecular formula is C20H30N4O3. The molecule has 1 unspecified atom stereocenters. The number of nitrogens with zero attached hydrogens (tertiary/aromatic N) is 3. The van der Waals surface area contributed by atoms with Gasteiger partial charge in [0.15, 0.2) is 0 Å². The molecule has 27 heavy (non-hydrogen) atoms. The second-order valence-corrected chi connectivity index (χ2v) is 7.50. The summed E-state index contributed by atoms with van der Waals surface area (Å²) in [7, 11) is 0. The van der Waals surface area contributed by atoms with Crippen LogP contribution < -0.4 is 5.32 Å². The van der Waals surface area contributed by atoms with Crippen molar-refractivity contribution in [1.29, 1.82) is 0 Å². The van der Waals surface area contributed by atoms with E-state index in [1.165, 1.54) is 0 Å². The first kappa shape index (κ1) is 19.8. The van der Waals surface area contributed by atoms with Gasteiger partial charge in [0, 0.05) is 25.2 Å². The number of anilines is 1. The van der Waals surface area contributed by atoms with Crippen molar-refractivity contribution in [2.24, 2.45) is 5.92 Å². The van der Waals surface area contributed by atoms with Crippen molar-refractivity contribution in [3.63, 3.8) is 0 Å². The number of carbonyl (C=O) groups is 2. The lowest BCUT2D eigenvalue weighted by Crippen LogP contribution is -2.50. The highest BCUT2D eigenvalue weighted by atomic mass is 16.5. The number of nitrogens with one attached hydrogen (secondary N) is 1. The molecule has 7 nitrogen and oxygen atoms in total. The van der Waals surface area contributed by atoms with Crippen LogP contribution >= 0.6 is 0 Å². The van der Waals surface area contributed by atoms with E-state index in [0.29, 0.717) is 32.1 Å². The van der Waals surface area contributed by atoms with Crippen molar-refractivity contribution < 1.29 is 14.3 Å². The van der Waals surface area contributed by atoms with Crippen LogP contribution in [0.1, 0.15) is 31.7 Å². The van der Waals surface area contributed by atoms with Gasteiger partial charge in [-0.25, -0.2) is 4.98 Å². The normalized spacial score (nSPS) is 21.9. The van der Waals surface area contributed by atoms with E-state index in [1.807, 2.05) is 24.0 Å². The van der Waals surface area contributed by atoms with E-state index in [1.54, 1.807) is 6.20 Å². The van der Waals surface area contributed by atoms with Crippen LogP contribution in [0.4, 0.5) is 5.82 Å². The van der Waals surface area contributed by atoms with E-state index in [4.69, 9.17) is 4.74 Å². The van der Waals surface area contributed by atoms with Crippen molar-refractivity contribution in [1.82, 2.24) is 14.8 Å². The van der Waals surface area contributed by atoms with Gasteiger partial charge < -0.3 is 15.0 Å². The Morgan fingerprint density at radius 1 is 1.26 bits per heavy atom. The second kappa shape index (κ2) is 9.28. The molecule has 1 aromatic heterocycles.